The van der Waals surface area contributed by atoms with E-state index < -0.39 is 0 Å². The summed E-state index contributed by atoms with van der Waals surface area (Å²) in [4.78, 5) is 0. The van der Waals surface area contributed by atoms with Crippen molar-refractivity contribution < 1.29 is 0 Å². The molecule has 0 saturated heterocycles. The first-order chi connectivity index (χ1) is 19.7. The molecule has 0 heterocycles. The van der Waals surface area contributed by atoms with E-state index in [2.05, 4.69) is 110 Å². The van der Waals surface area contributed by atoms with E-state index >= 15 is 0 Å². The van der Waals surface area contributed by atoms with Crippen LogP contribution < -0.4 is 5.73 Å². The zero-order valence-corrected chi connectivity index (χ0v) is 27.9. The molecule has 0 fully saturated rings. The van der Waals surface area contributed by atoms with Crippen LogP contribution in [-0.2, 0) is 6.42 Å². The van der Waals surface area contributed by atoms with Crippen LogP contribution in [-0.4, -0.2) is 0 Å². The van der Waals surface area contributed by atoms with Gasteiger partial charge in [-0.1, -0.05) is 102 Å². The molecule has 5 rings (SSSR count). The minimum atomic E-state index is -0.239. The SMILES string of the molecule is C=C(N)C1=C(C)[C@@H](CC)[C@]2(C)C[C@]3(C)Cc4c(C#Cc5cccc(C)c5)ccc(C)c4C(=C)C3=C(C)[C@]2(C)C1=C.CC. The van der Waals surface area contributed by atoms with E-state index in [1.807, 2.05) is 13.8 Å². The van der Waals surface area contributed by atoms with Crippen molar-refractivity contribution in [3.8, 4) is 11.8 Å². The van der Waals surface area contributed by atoms with Crippen LogP contribution in [0.25, 0.3) is 5.57 Å². The van der Waals surface area contributed by atoms with E-state index in [4.69, 9.17) is 18.9 Å². The van der Waals surface area contributed by atoms with Crippen LogP contribution >= 0.6 is 0 Å². The number of hydrogen-bond acceptors (Lipinski definition) is 1. The topological polar surface area (TPSA) is 26.0 Å². The van der Waals surface area contributed by atoms with E-state index in [1.54, 1.807) is 0 Å². The van der Waals surface area contributed by atoms with Crippen molar-refractivity contribution in [2.24, 2.45) is 27.9 Å². The molecule has 0 saturated carbocycles. The summed E-state index contributed by atoms with van der Waals surface area (Å²) in [6, 6.07) is 12.9. The molecule has 42 heavy (non-hydrogen) atoms. The van der Waals surface area contributed by atoms with Gasteiger partial charge in [0.25, 0.3) is 0 Å². The normalized spacial score (nSPS) is 28.1. The number of rotatable bonds is 2. The van der Waals surface area contributed by atoms with E-state index in [0.717, 1.165) is 47.1 Å². The van der Waals surface area contributed by atoms with E-state index in [0.29, 0.717) is 11.6 Å². The van der Waals surface area contributed by atoms with Crippen LogP contribution in [0.2, 0.25) is 0 Å². The molecule has 0 spiro atoms. The standard InChI is InChI=1S/C39H45N.C2H6/c1-12-33-25(4)35(29(8)40)27(6)39(11)28(7)36-26(5)34-24(3)16-18-31(19-17-30-15-13-14-23(2)20-30)32(34)21-37(36,9)22-38(33,39)10;1-2/h13-16,18,20,33H,5-6,8,12,21-22,40H2,1-4,7,9-11H3;1-2H3/t33-,37+,38+,39+;/m1./s1. The molecular formula is C41H51N. The van der Waals surface area contributed by atoms with Crippen molar-refractivity contribution in [3.63, 3.8) is 0 Å². The Morgan fingerprint density at radius 2 is 1.67 bits per heavy atom. The van der Waals surface area contributed by atoms with Crippen LogP contribution in [0.3, 0.4) is 0 Å². The van der Waals surface area contributed by atoms with Gasteiger partial charge in [0.05, 0.1) is 0 Å². The van der Waals surface area contributed by atoms with E-state index in [-0.39, 0.29) is 16.2 Å². The van der Waals surface area contributed by atoms with Gasteiger partial charge in [-0.05, 0) is 126 Å². The van der Waals surface area contributed by atoms with Crippen molar-refractivity contribution >= 4 is 5.57 Å². The Bertz CT molecular complexity index is 1630. The summed E-state index contributed by atoms with van der Waals surface area (Å²) in [6.45, 7) is 36.3. The number of benzene rings is 2. The number of allylic oxidation sites excluding steroid dienone is 5. The molecule has 3 aliphatic carbocycles. The fourth-order valence-corrected chi connectivity index (χ4v) is 9.20. The van der Waals surface area contributed by atoms with Gasteiger partial charge in [0.1, 0.15) is 0 Å². The first-order valence-electron chi connectivity index (χ1n) is 15.7. The van der Waals surface area contributed by atoms with E-state index in [1.165, 1.54) is 39.0 Å². The molecule has 2 aromatic carbocycles. The second kappa shape index (κ2) is 11.0. The molecule has 1 nitrogen and oxygen atoms in total. The summed E-state index contributed by atoms with van der Waals surface area (Å²) in [7, 11) is 0. The summed E-state index contributed by atoms with van der Waals surface area (Å²) < 4.78 is 0. The summed E-state index contributed by atoms with van der Waals surface area (Å²) in [5, 5.41) is 0. The lowest BCUT2D eigenvalue weighted by molar-refractivity contribution is 0.00575. The second-order valence-corrected chi connectivity index (χ2v) is 13.4. The maximum absolute atomic E-state index is 6.44. The Morgan fingerprint density at radius 3 is 2.26 bits per heavy atom. The predicted molar refractivity (Wildman–Crippen MR) is 183 cm³/mol. The molecule has 220 valence electrons. The predicted octanol–water partition coefficient (Wildman–Crippen LogP) is 10.4. The molecule has 0 aliphatic heterocycles. The zero-order valence-electron chi connectivity index (χ0n) is 27.9. The molecule has 0 aromatic heterocycles. The minimum Gasteiger partial charge on any atom is -0.399 e. The Kier molecular flexibility index (Phi) is 8.21. The lowest BCUT2D eigenvalue weighted by Crippen LogP contribution is -2.56. The van der Waals surface area contributed by atoms with Crippen LogP contribution in [0, 0.1) is 47.9 Å². The number of nitrogens with two attached hydrogens (primary N) is 1. The molecule has 4 atom stereocenters. The summed E-state index contributed by atoms with van der Waals surface area (Å²) in [5.41, 5.74) is 21.6. The van der Waals surface area contributed by atoms with Crippen molar-refractivity contribution in [3.05, 3.63) is 123 Å². The highest BCUT2D eigenvalue weighted by Crippen LogP contribution is 2.72. The monoisotopic (exact) mass is 557 g/mol. The van der Waals surface area contributed by atoms with Gasteiger partial charge < -0.3 is 5.73 Å². The molecule has 2 N–H and O–H groups in total. The maximum atomic E-state index is 6.44. The van der Waals surface area contributed by atoms with Gasteiger partial charge in [0.2, 0.25) is 0 Å². The third-order valence-corrected chi connectivity index (χ3v) is 11.0. The number of aryl methyl sites for hydroxylation is 2. The van der Waals surface area contributed by atoms with Crippen LogP contribution in [0.15, 0.2) is 89.7 Å². The molecule has 3 aliphatic rings. The Hall–Kier alpha value is -3.50. The van der Waals surface area contributed by atoms with Gasteiger partial charge in [-0.3, -0.25) is 0 Å². The van der Waals surface area contributed by atoms with Crippen LogP contribution in [0.1, 0.15) is 102 Å². The van der Waals surface area contributed by atoms with Crippen molar-refractivity contribution in [2.45, 2.75) is 88.5 Å². The molecule has 1 heteroatoms. The van der Waals surface area contributed by atoms with Gasteiger partial charge in [-0.15, -0.1) is 0 Å². The third kappa shape index (κ3) is 4.38. The van der Waals surface area contributed by atoms with Gasteiger partial charge in [0.15, 0.2) is 0 Å². The molecule has 0 amide bonds. The summed E-state index contributed by atoms with van der Waals surface area (Å²) in [6.07, 6.45) is 3.07. The van der Waals surface area contributed by atoms with Gasteiger partial charge in [-0.2, -0.15) is 0 Å². The van der Waals surface area contributed by atoms with E-state index in [9.17, 15) is 0 Å². The fraction of sp³-hybridized carbons (Fsp3) is 0.415. The summed E-state index contributed by atoms with van der Waals surface area (Å²) in [5.74, 6) is 7.40. The summed E-state index contributed by atoms with van der Waals surface area (Å²) >= 11 is 0. The molecule has 2 aromatic rings. The molecule has 0 radical (unpaired) electrons. The number of fused-ring (bicyclic) bond motifs is 3. The average molecular weight is 558 g/mol. The molecule has 0 unspecified atom stereocenters. The van der Waals surface area contributed by atoms with Gasteiger partial charge in [0, 0.05) is 22.2 Å². The largest absolute Gasteiger partial charge is 0.399 e. The zero-order chi connectivity index (χ0) is 31.4. The maximum Gasteiger partial charge on any atom is 0.0317 e. The van der Waals surface area contributed by atoms with Gasteiger partial charge in [-0.25, -0.2) is 0 Å². The highest BCUT2D eigenvalue weighted by Gasteiger charge is 2.62. The first kappa shape index (κ1) is 31.4. The van der Waals surface area contributed by atoms with Crippen molar-refractivity contribution in [1.29, 1.82) is 0 Å². The van der Waals surface area contributed by atoms with Gasteiger partial charge >= 0.3 is 0 Å². The molecular weight excluding hydrogens is 506 g/mol. The third-order valence-electron chi connectivity index (χ3n) is 11.0. The van der Waals surface area contributed by atoms with Crippen molar-refractivity contribution in [2.75, 3.05) is 0 Å². The van der Waals surface area contributed by atoms with Crippen LogP contribution in [0.5, 0.6) is 0 Å². The van der Waals surface area contributed by atoms with Crippen molar-refractivity contribution in [1.82, 2.24) is 0 Å². The highest BCUT2D eigenvalue weighted by atomic mass is 14.7. The molecule has 0 bridgehead atoms. The second-order valence-electron chi connectivity index (χ2n) is 13.4. The number of hydrogen-bond donors (Lipinski definition) is 1. The lowest BCUT2D eigenvalue weighted by Gasteiger charge is -2.64. The Morgan fingerprint density at radius 1 is 1.00 bits per heavy atom. The smallest absolute Gasteiger partial charge is 0.0317 e. The fourth-order valence-electron chi connectivity index (χ4n) is 9.20. The lowest BCUT2D eigenvalue weighted by atomic mass is 9.39. The first-order valence-corrected chi connectivity index (χ1v) is 15.7. The highest BCUT2D eigenvalue weighted by molar-refractivity contribution is 5.87. The quantitative estimate of drug-likeness (QED) is 0.365. The Labute approximate surface area is 256 Å². The Balaban J connectivity index is 0.00000198. The average Bonchev–Trinajstić information content (AvgIpc) is 2.91. The minimum absolute atomic E-state index is 0.0147. The van der Waals surface area contributed by atoms with Crippen LogP contribution in [0.4, 0.5) is 0 Å².